The maximum Gasteiger partial charge on any atom is 0.0499 e. The molecule has 0 heterocycles. The molecule has 1 aromatic carbocycles. The van der Waals surface area contributed by atoms with E-state index in [2.05, 4.69) is 50.4 Å². The Morgan fingerprint density at radius 1 is 1.31 bits per heavy atom. The smallest absolute Gasteiger partial charge is 0.0499 e. The largest absolute Gasteiger partial charge is 0.384 e. The highest BCUT2D eigenvalue weighted by atomic mass is 16.5. The van der Waals surface area contributed by atoms with E-state index in [9.17, 15) is 0 Å². The van der Waals surface area contributed by atoms with Gasteiger partial charge in [0, 0.05) is 26.3 Å². The zero-order valence-corrected chi connectivity index (χ0v) is 10.8. The second kappa shape index (κ2) is 6.66. The van der Waals surface area contributed by atoms with Crippen LogP contribution in [0.1, 0.15) is 31.0 Å². The van der Waals surface area contributed by atoms with E-state index in [0.29, 0.717) is 12.0 Å². The zero-order chi connectivity index (χ0) is 12.0. The molecule has 0 aliphatic carbocycles. The Morgan fingerprint density at radius 2 is 2.06 bits per heavy atom. The lowest BCUT2D eigenvalue weighted by molar-refractivity contribution is 0.157. The van der Waals surface area contributed by atoms with E-state index in [4.69, 9.17) is 4.74 Å². The van der Waals surface area contributed by atoms with E-state index in [1.807, 2.05) is 0 Å². The maximum absolute atomic E-state index is 5.12. The minimum absolute atomic E-state index is 0.402. The summed E-state index contributed by atoms with van der Waals surface area (Å²) < 4.78 is 5.12. The topological polar surface area (TPSA) is 21.3 Å². The minimum atomic E-state index is 0.402. The van der Waals surface area contributed by atoms with Gasteiger partial charge in [-0.1, -0.05) is 36.8 Å². The van der Waals surface area contributed by atoms with Crippen molar-refractivity contribution in [2.45, 2.75) is 26.8 Å². The van der Waals surface area contributed by atoms with Gasteiger partial charge >= 0.3 is 0 Å². The molecule has 0 saturated heterocycles. The average Bonchev–Trinajstić information content (AvgIpc) is 2.26. The quantitative estimate of drug-likeness (QED) is 0.797. The van der Waals surface area contributed by atoms with Gasteiger partial charge in [0.15, 0.2) is 0 Å². The molecule has 0 aromatic heterocycles. The van der Waals surface area contributed by atoms with Gasteiger partial charge in [0.1, 0.15) is 0 Å². The molecule has 0 spiro atoms. The second-order valence-electron chi connectivity index (χ2n) is 4.60. The standard InChI is InChI=1S/C14H23NO/c1-11-6-5-7-14(8-11)13(3)15-9-12(2)10-16-4/h5-8,12-13,15H,9-10H2,1-4H3/t12?,13-/m0/s1. The Balaban J connectivity index is 2.43. The molecule has 1 aromatic rings. The van der Waals surface area contributed by atoms with E-state index < -0.39 is 0 Å². The number of nitrogens with one attached hydrogen (secondary N) is 1. The molecule has 0 aliphatic heterocycles. The molecule has 2 nitrogen and oxygen atoms in total. The van der Waals surface area contributed by atoms with E-state index in [-0.39, 0.29) is 0 Å². The first-order chi connectivity index (χ1) is 7.63. The molecule has 0 amide bonds. The van der Waals surface area contributed by atoms with Gasteiger partial charge in [-0.15, -0.1) is 0 Å². The van der Waals surface area contributed by atoms with E-state index in [1.165, 1.54) is 11.1 Å². The van der Waals surface area contributed by atoms with Crippen LogP contribution in [0.3, 0.4) is 0 Å². The first kappa shape index (κ1) is 13.2. The maximum atomic E-state index is 5.12. The fourth-order valence-electron chi connectivity index (χ4n) is 1.78. The Labute approximate surface area is 99.0 Å². The molecule has 0 bridgehead atoms. The average molecular weight is 221 g/mol. The van der Waals surface area contributed by atoms with Gasteiger partial charge in [0.2, 0.25) is 0 Å². The van der Waals surface area contributed by atoms with E-state index in [0.717, 1.165) is 13.2 Å². The summed E-state index contributed by atoms with van der Waals surface area (Å²) in [6.45, 7) is 8.33. The van der Waals surface area contributed by atoms with Gasteiger partial charge in [-0.2, -0.15) is 0 Å². The lowest BCUT2D eigenvalue weighted by atomic mass is 10.1. The predicted molar refractivity (Wildman–Crippen MR) is 68.6 cm³/mol. The number of benzene rings is 1. The monoisotopic (exact) mass is 221 g/mol. The normalized spacial score (nSPS) is 14.8. The fraction of sp³-hybridized carbons (Fsp3) is 0.571. The third-order valence-electron chi connectivity index (χ3n) is 2.77. The van der Waals surface area contributed by atoms with Crippen LogP contribution in [-0.2, 0) is 4.74 Å². The van der Waals surface area contributed by atoms with Crippen LogP contribution in [0.5, 0.6) is 0 Å². The number of rotatable bonds is 6. The van der Waals surface area contributed by atoms with Crippen LogP contribution in [0.2, 0.25) is 0 Å². The highest BCUT2D eigenvalue weighted by Crippen LogP contribution is 2.13. The van der Waals surface area contributed by atoms with Crippen LogP contribution in [0, 0.1) is 12.8 Å². The number of ether oxygens (including phenoxy) is 1. The van der Waals surface area contributed by atoms with Crippen molar-refractivity contribution >= 4 is 0 Å². The third-order valence-corrected chi connectivity index (χ3v) is 2.77. The highest BCUT2D eigenvalue weighted by molar-refractivity contribution is 5.24. The van der Waals surface area contributed by atoms with Crippen LogP contribution >= 0.6 is 0 Å². The fourth-order valence-corrected chi connectivity index (χ4v) is 1.78. The van der Waals surface area contributed by atoms with Crippen molar-refractivity contribution in [2.24, 2.45) is 5.92 Å². The molecule has 1 rings (SSSR count). The molecule has 2 heteroatoms. The molecule has 16 heavy (non-hydrogen) atoms. The molecule has 1 unspecified atom stereocenters. The molecular weight excluding hydrogens is 198 g/mol. The lowest BCUT2D eigenvalue weighted by Gasteiger charge is -2.18. The Bertz CT molecular complexity index is 311. The van der Waals surface area contributed by atoms with Crippen LogP contribution in [0.15, 0.2) is 24.3 Å². The molecule has 90 valence electrons. The number of methoxy groups -OCH3 is 1. The van der Waals surface area contributed by atoms with Crippen molar-refractivity contribution in [1.82, 2.24) is 5.32 Å². The van der Waals surface area contributed by atoms with Crippen molar-refractivity contribution in [1.29, 1.82) is 0 Å². The van der Waals surface area contributed by atoms with Gasteiger partial charge in [-0.3, -0.25) is 0 Å². The van der Waals surface area contributed by atoms with Gasteiger partial charge in [0.25, 0.3) is 0 Å². The predicted octanol–water partition coefficient (Wildman–Crippen LogP) is 2.93. The van der Waals surface area contributed by atoms with Gasteiger partial charge < -0.3 is 10.1 Å². The molecule has 0 fully saturated rings. The number of hydrogen-bond donors (Lipinski definition) is 1. The minimum Gasteiger partial charge on any atom is -0.384 e. The van der Waals surface area contributed by atoms with Gasteiger partial charge in [0.05, 0.1) is 0 Å². The van der Waals surface area contributed by atoms with E-state index in [1.54, 1.807) is 7.11 Å². The Morgan fingerprint density at radius 3 is 2.69 bits per heavy atom. The summed E-state index contributed by atoms with van der Waals surface area (Å²) in [7, 11) is 1.75. The van der Waals surface area contributed by atoms with Crippen molar-refractivity contribution in [3.05, 3.63) is 35.4 Å². The Hall–Kier alpha value is -0.860. The first-order valence-electron chi connectivity index (χ1n) is 5.92. The summed E-state index contributed by atoms with van der Waals surface area (Å²) in [5.74, 6) is 0.553. The van der Waals surface area contributed by atoms with Crippen molar-refractivity contribution in [2.75, 3.05) is 20.3 Å². The van der Waals surface area contributed by atoms with Gasteiger partial charge in [-0.05, 0) is 25.3 Å². The van der Waals surface area contributed by atoms with Crippen LogP contribution in [-0.4, -0.2) is 20.3 Å². The summed E-state index contributed by atoms with van der Waals surface area (Å²) in [4.78, 5) is 0. The summed E-state index contributed by atoms with van der Waals surface area (Å²) in [5, 5.41) is 3.53. The molecule has 0 saturated carbocycles. The van der Waals surface area contributed by atoms with Crippen LogP contribution < -0.4 is 5.32 Å². The molecule has 1 N–H and O–H groups in total. The lowest BCUT2D eigenvalue weighted by Crippen LogP contribution is -2.26. The van der Waals surface area contributed by atoms with Crippen LogP contribution in [0.4, 0.5) is 0 Å². The van der Waals surface area contributed by atoms with Crippen LogP contribution in [0.25, 0.3) is 0 Å². The molecular formula is C14H23NO. The van der Waals surface area contributed by atoms with E-state index >= 15 is 0 Å². The summed E-state index contributed by atoms with van der Waals surface area (Å²) in [6.07, 6.45) is 0. The first-order valence-corrected chi connectivity index (χ1v) is 5.92. The van der Waals surface area contributed by atoms with Crippen molar-refractivity contribution < 1.29 is 4.74 Å². The second-order valence-corrected chi connectivity index (χ2v) is 4.60. The Kier molecular flexibility index (Phi) is 5.50. The molecule has 2 atom stereocenters. The summed E-state index contributed by atoms with van der Waals surface area (Å²) >= 11 is 0. The van der Waals surface area contributed by atoms with Crippen molar-refractivity contribution in [3.63, 3.8) is 0 Å². The SMILES string of the molecule is COCC(C)CN[C@@H](C)c1cccc(C)c1. The molecule has 0 aliphatic rings. The zero-order valence-electron chi connectivity index (χ0n) is 10.8. The third kappa shape index (κ3) is 4.33. The van der Waals surface area contributed by atoms with Crippen molar-refractivity contribution in [3.8, 4) is 0 Å². The molecule has 0 radical (unpaired) electrons. The highest BCUT2D eigenvalue weighted by Gasteiger charge is 2.07. The summed E-state index contributed by atoms with van der Waals surface area (Å²) in [6, 6.07) is 9.05. The van der Waals surface area contributed by atoms with Gasteiger partial charge in [-0.25, -0.2) is 0 Å². The number of hydrogen-bond acceptors (Lipinski definition) is 2. The number of aryl methyl sites for hydroxylation is 1. The summed E-state index contributed by atoms with van der Waals surface area (Å²) in [5.41, 5.74) is 2.67.